The van der Waals surface area contributed by atoms with Crippen molar-refractivity contribution in [1.29, 1.82) is 0 Å². The molecule has 2 aliphatic heterocycles. The summed E-state index contributed by atoms with van der Waals surface area (Å²) >= 11 is 0. The van der Waals surface area contributed by atoms with Gasteiger partial charge in [-0.2, -0.15) is 0 Å². The molecule has 0 spiro atoms. The summed E-state index contributed by atoms with van der Waals surface area (Å²) in [6.07, 6.45) is -1.01. The molecule has 0 bridgehead atoms. The largest absolute Gasteiger partial charge is 0.395 e. The predicted molar refractivity (Wildman–Crippen MR) is 48.6 cm³/mol. The SMILES string of the molecule is OC[C@@H]1[C@@H](O)[C@@H](O)[C@H]2C[C@@H](O)CCN21. The summed E-state index contributed by atoms with van der Waals surface area (Å²) in [7, 11) is 0. The van der Waals surface area contributed by atoms with E-state index in [1.54, 1.807) is 0 Å². The third-order valence-electron chi connectivity index (χ3n) is 3.41. The molecule has 4 N–H and O–H groups in total. The Morgan fingerprint density at radius 3 is 2.50 bits per heavy atom. The van der Waals surface area contributed by atoms with Crippen LogP contribution >= 0.6 is 0 Å². The lowest BCUT2D eigenvalue weighted by Crippen LogP contribution is -2.47. The quantitative estimate of drug-likeness (QED) is 0.393. The van der Waals surface area contributed by atoms with E-state index in [0.717, 1.165) is 0 Å². The fourth-order valence-corrected chi connectivity index (χ4v) is 2.61. The normalized spacial score (nSPS) is 49.3. The van der Waals surface area contributed by atoms with Crippen molar-refractivity contribution in [3.05, 3.63) is 0 Å². The molecule has 5 nitrogen and oxygen atoms in total. The summed E-state index contributed by atoms with van der Waals surface area (Å²) in [5.74, 6) is 0. The Hall–Kier alpha value is -0.200. The lowest BCUT2D eigenvalue weighted by atomic mass is 9.98. The molecule has 0 aromatic carbocycles. The van der Waals surface area contributed by atoms with Gasteiger partial charge in [0.15, 0.2) is 0 Å². The van der Waals surface area contributed by atoms with Crippen LogP contribution in [0, 0.1) is 0 Å². The minimum Gasteiger partial charge on any atom is -0.395 e. The van der Waals surface area contributed by atoms with Crippen molar-refractivity contribution >= 4 is 0 Å². The van der Waals surface area contributed by atoms with Gasteiger partial charge >= 0.3 is 0 Å². The van der Waals surface area contributed by atoms with E-state index in [9.17, 15) is 15.3 Å². The van der Waals surface area contributed by atoms with Crippen molar-refractivity contribution in [1.82, 2.24) is 4.90 Å². The number of aliphatic hydroxyl groups is 4. The maximum Gasteiger partial charge on any atom is 0.0991 e. The molecule has 0 saturated carbocycles. The lowest BCUT2D eigenvalue weighted by Gasteiger charge is -2.35. The van der Waals surface area contributed by atoms with Gasteiger partial charge in [0.05, 0.1) is 31.0 Å². The summed E-state index contributed by atoms with van der Waals surface area (Å²) in [6, 6.07) is -0.576. The summed E-state index contributed by atoms with van der Waals surface area (Å²) < 4.78 is 0. The van der Waals surface area contributed by atoms with Crippen molar-refractivity contribution in [2.24, 2.45) is 0 Å². The van der Waals surface area contributed by atoms with E-state index in [-0.39, 0.29) is 18.7 Å². The maximum absolute atomic E-state index is 9.70. The van der Waals surface area contributed by atoms with Crippen LogP contribution in [-0.4, -0.2) is 68.9 Å². The van der Waals surface area contributed by atoms with Gasteiger partial charge in [-0.15, -0.1) is 0 Å². The summed E-state index contributed by atoms with van der Waals surface area (Å²) in [5, 5.41) is 37.9. The van der Waals surface area contributed by atoms with E-state index in [0.29, 0.717) is 19.4 Å². The van der Waals surface area contributed by atoms with Gasteiger partial charge in [0, 0.05) is 12.6 Å². The molecule has 5 atom stereocenters. The van der Waals surface area contributed by atoms with Crippen LogP contribution in [0.2, 0.25) is 0 Å². The van der Waals surface area contributed by atoms with Crippen LogP contribution in [0.5, 0.6) is 0 Å². The summed E-state index contributed by atoms with van der Waals surface area (Å²) in [6.45, 7) is 0.482. The molecule has 2 fully saturated rings. The number of fused-ring (bicyclic) bond motifs is 1. The number of rotatable bonds is 1. The second-order valence-electron chi connectivity index (χ2n) is 4.21. The minimum atomic E-state index is -0.893. The Balaban J connectivity index is 2.13. The van der Waals surface area contributed by atoms with E-state index in [1.807, 2.05) is 4.90 Å². The van der Waals surface area contributed by atoms with Crippen LogP contribution in [0.15, 0.2) is 0 Å². The first-order valence-corrected chi connectivity index (χ1v) is 5.06. The average molecular weight is 203 g/mol. The van der Waals surface area contributed by atoms with Crippen molar-refractivity contribution in [2.45, 2.75) is 43.2 Å². The number of piperidine rings is 1. The van der Waals surface area contributed by atoms with Gasteiger partial charge in [0.1, 0.15) is 0 Å². The molecule has 0 amide bonds. The molecule has 0 aromatic heterocycles. The van der Waals surface area contributed by atoms with E-state index in [1.165, 1.54) is 0 Å². The summed E-state index contributed by atoms with van der Waals surface area (Å²) in [4.78, 5) is 1.90. The van der Waals surface area contributed by atoms with Crippen molar-refractivity contribution < 1.29 is 20.4 Å². The van der Waals surface area contributed by atoms with Crippen molar-refractivity contribution in [3.8, 4) is 0 Å². The van der Waals surface area contributed by atoms with Gasteiger partial charge in [0.2, 0.25) is 0 Å². The highest BCUT2D eigenvalue weighted by Gasteiger charge is 2.49. The van der Waals surface area contributed by atoms with Crippen molar-refractivity contribution in [3.63, 3.8) is 0 Å². The van der Waals surface area contributed by atoms with E-state index < -0.39 is 18.3 Å². The second kappa shape index (κ2) is 3.75. The van der Waals surface area contributed by atoms with Gasteiger partial charge in [-0.05, 0) is 12.8 Å². The second-order valence-corrected chi connectivity index (χ2v) is 4.21. The fourth-order valence-electron chi connectivity index (χ4n) is 2.61. The average Bonchev–Trinajstić information content (AvgIpc) is 2.41. The smallest absolute Gasteiger partial charge is 0.0991 e. The van der Waals surface area contributed by atoms with Crippen LogP contribution in [0.4, 0.5) is 0 Å². The molecule has 82 valence electrons. The molecule has 0 unspecified atom stereocenters. The highest BCUT2D eigenvalue weighted by atomic mass is 16.3. The lowest BCUT2D eigenvalue weighted by molar-refractivity contribution is 0.00361. The van der Waals surface area contributed by atoms with Crippen LogP contribution < -0.4 is 0 Å². The standard InChI is InChI=1S/C9H17NO4/c11-4-7-9(14)8(13)6-3-5(12)1-2-10(6)7/h5-9,11-14H,1-4H2/t5-,6+,7+,8-,9+/m0/s1. The molecule has 14 heavy (non-hydrogen) atoms. The third kappa shape index (κ3) is 1.45. The molecule has 2 saturated heterocycles. The van der Waals surface area contributed by atoms with Crippen LogP contribution in [0.25, 0.3) is 0 Å². The molecule has 0 aromatic rings. The minimum absolute atomic E-state index is 0.148. The number of aliphatic hydroxyl groups excluding tert-OH is 4. The zero-order valence-corrected chi connectivity index (χ0v) is 7.95. The summed E-state index contributed by atoms with van der Waals surface area (Å²) in [5.41, 5.74) is 0. The van der Waals surface area contributed by atoms with Crippen LogP contribution in [0.1, 0.15) is 12.8 Å². The topological polar surface area (TPSA) is 84.2 Å². The first-order valence-electron chi connectivity index (χ1n) is 5.06. The zero-order chi connectivity index (χ0) is 10.3. The number of nitrogens with zero attached hydrogens (tertiary/aromatic N) is 1. The van der Waals surface area contributed by atoms with E-state index in [2.05, 4.69) is 0 Å². The molecule has 0 radical (unpaired) electrons. The Labute approximate surface area is 82.6 Å². The van der Waals surface area contributed by atoms with Gasteiger partial charge in [-0.3, -0.25) is 4.90 Å². The zero-order valence-electron chi connectivity index (χ0n) is 7.95. The Bertz CT molecular complexity index is 213. The maximum atomic E-state index is 9.70. The number of hydrogen-bond donors (Lipinski definition) is 4. The van der Waals surface area contributed by atoms with Gasteiger partial charge in [-0.1, -0.05) is 0 Å². The monoisotopic (exact) mass is 203 g/mol. The van der Waals surface area contributed by atoms with Gasteiger partial charge in [-0.25, -0.2) is 0 Å². The number of hydrogen-bond acceptors (Lipinski definition) is 5. The molecule has 5 heteroatoms. The van der Waals surface area contributed by atoms with Gasteiger partial charge in [0.25, 0.3) is 0 Å². The first-order chi connectivity index (χ1) is 6.65. The molecule has 0 aliphatic carbocycles. The van der Waals surface area contributed by atoms with Crippen LogP contribution in [0.3, 0.4) is 0 Å². The first kappa shape index (κ1) is 10.3. The third-order valence-corrected chi connectivity index (χ3v) is 3.41. The highest BCUT2D eigenvalue weighted by Crippen LogP contribution is 2.32. The molecule has 2 aliphatic rings. The Morgan fingerprint density at radius 2 is 1.86 bits per heavy atom. The Morgan fingerprint density at radius 1 is 1.14 bits per heavy atom. The Kier molecular flexibility index (Phi) is 2.77. The van der Waals surface area contributed by atoms with Crippen LogP contribution in [-0.2, 0) is 0 Å². The van der Waals surface area contributed by atoms with Crippen molar-refractivity contribution in [2.75, 3.05) is 13.2 Å². The fraction of sp³-hybridized carbons (Fsp3) is 1.00. The molecule has 2 rings (SSSR count). The van der Waals surface area contributed by atoms with E-state index in [4.69, 9.17) is 5.11 Å². The predicted octanol–water partition coefficient (Wildman–Crippen LogP) is -2.09. The molecular formula is C9H17NO4. The molecule has 2 heterocycles. The van der Waals surface area contributed by atoms with E-state index >= 15 is 0 Å². The highest BCUT2D eigenvalue weighted by molar-refractivity contribution is 5.03. The molecular weight excluding hydrogens is 186 g/mol. The van der Waals surface area contributed by atoms with Gasteiger partial charge < -0.3 is 20.4 Å².